The van der Waals surface area contributed by atoms with E-state index in [1.54, 1.807) is 0 Å². The van der Waals surface area contributed by atoms with Gasteiger partial charge in [-0.1, -0.05) is 84.9 Å². The Hall–Kier alpha value is -4.21. The van der Waals surface area contributed by atoms with E-state index in [0.717, 1.165) is 33.6 Å². The van der Waals surface area contributed by atoms with Crippen molar-refractivity contribution >= 4 is 17.2 Å². The van der Waals surface area contributed by atoms with E-state index in [9.17, 15) is 0 Å². The molecule has 0 saturated heterocycles. The molecule has 34 heavy (non-hydrogen) atoms. The topological polar surface area (TPSA) is 135 Å². The third-order valence-corrected chi connectivity index (χ3v) is 5.33. The fourth-order valence-corrected chi connectivity index (χ4v) is 3.42. The number of hydrogen-bond donors (Lipinski definition) is 5. The molecule has 172 valence electrons. The van der Waals surface area contributed by atoms with Crippen molar-refractivity contribution in [2.75, 3.05) is 10.2 Å². The number of anilines is 2. The molecule has 8 nitrogen and oxygen atoms in total. The van der Waals surface area contributed by atoms with Crippen LogP contribution in [0.1, 0.15) is 17.3 Å². The predicted octanol–water partition coefficient (Wildman–Crippen LogP) is 3.20. The number of hydrazine groups is 3. The van der Waals surface area contributed by atoms with Crippen molar-refractivity contribution in [1.29, 1.82) is 0 Å². The van der Waals surface area contributed by atoms with Gasteiger partial charge in [-0.3, -0.25) is 0 Å². The zero-order valence-electron chi connectivity index (χ0n) is 18.6. The minimum Gasteiger partial charge on any atom is -0.382 e. The van der Waals surface area contributed by atoms with Gasteiger partial charge in [0.25, 0.3) is 0 Å². The van der Waals surface area contributed by atoms with Crippen molar-refractivity contribution in [2.45, 2.75) is 6.17 Å². The second kappa shape index (κ2) is 10.6. The minimum atomic E-state index is -0.457. The molecule has 0 amide bonds. The first kappa shape index (κ1) is 23.0. The van der Waals surface area contributed by atoms with E-state index in [4.69, 9.17) is 23.2 Å². The van der Waals surface area contributed by atoms with Crippen LogP contribution in [-0.4, -0.2) is 5.84 Å². The summed E-state index contributed by atoms with van der Waals surface area (Å²) in [5, 5.41) is 6.95. The Morgan fingerprint density at radius 3 is 1.74 bits per heavy atom. The van der Waals surface area contributed by atoms with Gasteiger partial charge in [-0.15, -0.1) is 5.10 Å². The van der Waals surface area contributed by atoms with Gasteiger partial charge in [0.2, 0.25) is 0 Å². The first-order chi connectivity index (χ1) is 16.5. The summed E-state index contributed by atoms with van der Waals surface area (Å²) in [7, 11) is 0. The molecular formula is C26H28N8. The highest BCUT2D eigenvalue weighted by Crippen LogP contribution is 2.22. The molecule has 8 heteroatoms. The van der Waals surface area contributed by atoms with Gasteiger partial charge < -0.3 is 11.5 Å². The molecule has 0 aromatic heterocycles. The van der Waals surface area contributed by atoms with Crippen LogP contribution in [-0.2, 0) is 0 Å². The van der Waals surface area contributed by atoms with E-state index < -0.39 is 6.17 Å². The van der Waals surface area contributed by atoms with Crippen molar-refractivity contribution < 1.29 is 0 Å². The summed E-state index contributed by atoms with van der Waals surface area (Å²) in [5.74, 6) is 12.4. The van der Waals surface area contributed by atoms with E-state index in [1.165, 1.54) is 10.2 Å². The van der Waals surface area contributed by atoms with Crippen molar-refractivity contribution in [3.63, 3.8) is 0 Å². The van der Waals surface area contributed by atoms with Crippen LogP contribution in [0.5, 0.6) is 0 Å². The zero-order chi connectivity index (χ0) is 23.9. The maximum atomic E-state index is 6.28. The highest BCUT2D eigenvalue weighted by atomic mass is 15.7. The second-order valence-electron chi connectivity index (χ2n) is 7.68. The number of hydrazone groups is 1. The molecule has 9 N–H and O–H groups in total. The van der Waals surface area contributed by atoms with Crippen molar-refractivity contribution in [3.05, 3.63) is 120 Å². The molecule has 4 aromatic carbocycles. The molecule has 4 rings (SSSR count). The number of rotatable bonds is 8. The number of para-hydroxylation sites is 2. The quantitative estimate of drug-likeness (QED) is 0.0911. The molecule has 0 aliphatic heterocycles. The summed E-state index contributed by atoms with van der Waals surface area (Å²) in [6.45, 7) is 0. The first-order valence-electron chi connectivity index (χ1n) is 10.8. The fourth-order valence-electron chi connectivity index (χ4n) is 3.42. The number of amidine groups is 1. The van der Waals surface area contributed by atoms with Gasteiger partial charge in [-0.05, 0) is 41.0 Å². The van der Waals surface area contributed by atoms with E-state index in [-0.39, 0.29) is 0 Å². The number of benzene rings is 4. The highest BCUT2D eigenvalue weighted by molar-refractivity contribution is 5.98. The maximum Gasteiger partial charge on any atom is 0.152 e. The molecule has 1 atom stereocenters. The van der Waals surface area contributed by atoms with Gasteiger partial charge in [0.1, 0.15) is 0 Å². The monoisotopic (exact) mass is 452 g/mol. The Balaban J connectivity index is 1.41. The first-order valence-corrected chi connectivity index (χ1v) is 10.8. The second-order valence-corrected chi connectivity index (χ2v) is 7.68. The smallest absolute Gasteiger partial charge is 0.152 e. The van der Waals surface area contributed by atoms with E-state index in [0.29, 0.717) is 5.84 Å². The molecule has 0 aliphatic rings. The lowest BCUT2D eigenvalue weighted by molar-refractivity contribution is 0.525. The minimum absolute atomic E-state index is 0.329. The predicted molar refractivity (Wildman–Crippen MR) is 139 cm³/mol. The van der Waals surface area contributed by atoms with Gasteiger partial charge in [0, 0.05) is 5.56 Å². The Labute approximate surface area is 199 Å². The molecule has 1 unspecified atom stereocenters. The van der Waals surface area contributed by atoms with Crippen LogP contribution in [0.15, 0.2) is 114 Å². The lowest BCUT2D eigenvalue weighted by Crippen LogP contribution is -2.48. The lowest BCUT2D eigenvalue weighted by Gasteiger charge is -2.24. The van der Waals surface area contributed by atoms with Crippen LogP contribution in [0.4, 0.5) is 11.4 Å². The van der Waals surface area contributed by atoms with Crippen LogP contribution in [0, 0.1) is 0 Å². The van der Waals surface area contributed by atoms with Gasteiger partial charge >= 0.3 is 0 Å². The Morgan fingerprint density at radius 2 is 1.18 bits per heavy atom. The number of nitrogens with one attached hydrogen (secondary N) is 1. The molecule has 0 saturated carbocycles. The van der Waals surface area contributed by atoms with Gasteiger partial charge in [-0.25, -0.2) is 16.8 Å². The molecule has 0 heterocycles. The third-order valence-electron chi connectivity index (χ3n) is 5.33. The maximum absolute atomic E-state index is 6.28. The highest BCUT2D eigenvalue weighted by Gasteiger charge is 2.10. The van der Waals surface area contributed by atoms with Crippen LogP contribution in [0.3, 0.4) is 0 Å². The lowest BCUT2D eigenvalue weighted by atomic mass is 10.0. The van der Waals surface area contributed by atoms with E-state index >= 15 is 0 Å². The summed E-state index contributed by atoms with van der Waals surface area (Å²) in [6.07, 6.45) is -0.457. The number of hydrogen-bond acceptors (Lipinski definition) is 7. The van der Waals surface area contributed by atoms with Crippen molar-refractivity contribution in [1.82, 2.24) is 5.43 Å². The summed E-state index contributed by atoms with van der Waals surface area (Å²) >= 11 is 0. The Kier molecular flexibility index (Phi) is 7.16. The van der Waals surface area contributed by atoms with Crippen molar-refractivity contribution in [2.24, 2.45) is 28.3 Å². The molecule has 0 aliphatic carbocycles. The molecule has 0 bridgehead atoms. The summed E-state index contributed by atoms with van der Waals surface area (Å²) < 4.78 is 0. The number of nitrogens with two attached hydrogens (primary N) is 4. The molecule has 0 spiro atoms. The fraction of sp³-hybridized carbons (Fsp3) is 0.0385. The average Bonchev–Trinajstić information content (AvgIpc) is 2.89. The molecule has 0 fully saturated rings. The Morgan fingerprint density at radius 1 is 0.676 bits per heavy atom. The zero-order valence-corrected chi connectivity index (χ0v) is 18.6. The number of nitrogens with zero attached hydrogens (tertiary/aromatic N) is 3. The third kappa shape index (κ3) is 5.58. The van der Waals surface area contributed by atoms with Crippen molar-refractivity contribution in [3.8, 4) is 11.1 Å². The Bertz CT molecular complexity index is 1210. The van der Waals surface area contributed by atoms with Crippen LogP contribution >= 0.6 is 0 Å². The van der Waals surface area contributed by atoms with E-state index in [2.05, 4.69) is 10.5 Å². The standard InChI is InChI=1S/C26H28N8/c27-25(31-33(29)23-7-3-1-4-8-23)21-15-11-19(12-16-21)20-13-17-22(18-14-20)26(28)32-34(30)24-9-5-2-6-10-24/h1-18,25,31H,27,29-30H2,(H2,28,32). The molecule has 0 radical (unpaired) electrons. The SMILES string of the molecule is N/C(=N\N(N)c1ccccc1)c1ccc(-c2ccc(C(N)NN(N)c3ccccc3)cc2)cc1. The van der Waals surface area contributed by atoms with Gasteiger partial charge in [0.15, 0.2) is 5.84 Å². The largest absolute Gasteiger partial charge is 0.382 e. The van der Waals surface area contributed by atoms with Gasteiger partial charge in [0.05, 0.1) is 17.5 Å². The summed E-state index contributed by atoms with van der Waals surface area (Å²) in [4.78, 5) is 0. The summed E-state index contributed by atoms with van der Waals surface area (Å²) in [6, 6.07) is 34.8. The summed E-state index contributed by atoms with van der Waals surface area (Å²) in [5.41, 5.74) is 20.8. The molecule has 4 aromatic rings. The van der Waals surface area contributed by atoms with Crippen LogP contribution in [0.25, 0.3) is 11.1 Å². The molecular weight excluding hydrogens is 424 g/mol. The van der Waals surface area contributed by atoms with Gasteiger partial charge in [-0.2, -0.15) is 10.5 Å². The van der Waals surface area contributed by atoms with E-state index in [1.807, 2.05) is 109 Å². The average molecular weight is 453 g/mol. The normalized spacial score (nSPS) is 12.3. The van der Waals surface area contributed by atoms with Crippen LogP contribution < -0.4 is 38.8 Å². The van der Waals surface area contributed by atoms with Crippen LogP contribution in [0.2, 0.25) is 0 Å².